The molecule has 2 aromatic heterocycles. The number of sulfone groups is 1. The molecule has 0 bridgehead atoms. The number of rotatable bonds is 5. The lowest BCUT2D eigenvalue weighted by molar-refractivity contribution is -0.129. The molecule has 152 valence electrons. The van der Waals surface area contributed by atoms with Crippen LogP contribution in [0.5, 0.6) is 0 Å². The highest BCUT2D eigenvalue weighted by atomic mass is 32.2. The van der Waals surface area contributed by atoms with Crippen LogP contribution in [0.3, 0.4) is 0 Å². The minimum atomic E-state index is -3.01. The minimum absolute atomic E-state index is 0.0147. The molecule has 4 rings (SSSR count). The van der Waals surface area contributed by atoms with Crippen LogP contribution in [0.2, 0.25) is 0 Å². The van der Waals surface area contributed by atoms with Gasteiger partial charge >= 0.3 is 0 Å². The van der Waals surface area contributed by atoms with E-state index in [0.717, 1.165) is 28.1 Å². The molecule has 0 N–H and O–H groups in total. The first-order chi connectivity index (χ1) is 13.4. The van der Waals surface area contributed by atoms with E-state index in [1.54, 1.807) is 22.6 Å². The van der Waals surface area contributed by atoms with E-state index in [1.807, 2.05) is 6.92 Å². The van der Waals surface area contributed by atoms with Crippen molar-refractivity contribution >= 4 is 49.1 Å². The maximum absolute atomic E-state index is 12.8. The van der Waals surface area contributed by atoms with Crippen molar-refractivity contribution in [1.29, 1.82) is 0 Å². The Hall–Kier alpha value is -1.19. The van der Waals surface area contributed by atoms with Crippen molar-refractivity contribution < 1.29 is 13.2 Å². The van der Waals surface area contributed by atoms with Crippen molar-refractivity contribution in [3.8, 4) is 0 Å². The zero-order chi connectivity index (χ0) is 19.9. The van der Waals surface area contributed by atoms with Crippen LogP contribution >= 0.6 is 23.1 Å². The molecule has 0 radical (unpaired) electrons. The van der Waals surface area contributed by atoms with E-state index >= 15 is 0 Å². The first-order valence-corrected chi connectivity index (χ1v) is 13.4. The van der Waals surface area contributed by atoms with Gasteiger partial charge in [-0.25, -0.2) is 18.4 Å². The van der Waals surface area contributed by atoms with Crippen molar-refractivity contribution in [3.63, 3.8) is 0 Å². The molecule has 2 aliphatic rings. The van der Waals surface area contributed by atoms with Gasteiger partial charge in [0.1, 0.15) is 16.2 Å². The Kier molecular flexibility index (Phi) is 5.68. The SMILES string of the molecule is CCN(C(=O)CSc1ncnc2sc3c(c12)CC[C@H](C)C3)[C@@H]1CCS(=O)(=O)C1. The predicted molar refractivity (Wildman–Crippen MR) is 114 cm³/mol. The number of nitrogens with zero attached hydrogens (tertiary/aromatic N) is 3. The average molecular weight is 440 g/mol. The predicted octanol–water partition coefficient (Wildman–Crippen LogP) is 2.94. The van der Waals surface area contributed by atoms with Gasteiger partial charge in [0.05, 0.1) is 17.3 Å². The van der Waals surface area contributed by atoms with Crippen LogP contribution in [0.1, 0.15) is 37.1 Å². The van der Waals surface area contributed by atoms with E-state index < -0.39 is 9.84 Å². The number of thioether (sulfide) groups is 1. The fraction of sp³-hybridized carbons (Fsp3) is 0.632. The van der Waals surface area contributed by atoms with Gasteiger partial charge in [-0.05, 0) is 44.1 Å². The van der Waals surface area contributed by atoms with Crippen LogP contribution in [-0.4, -0.2) is 59.0 Å². The quantitative estimate of drug-likeness (QED) is 0.526. The van der Waals surface area contributed by atoms with Gasteiger partial charge in [-0.1, -0.05) is 18.7 Å². The van der Waals surface area contributed by atoms with E-state index in [0.29, 0.717) is 18.9 Å². The van der Waals surface area contributed by atoms with Crippen molar-refractivity contribution in [2.24, 2.45) is 5.92 Å². The Morgan fingerprint density at radius 1 is 1.36 bits per heavy atom. The Labute approximate surface area is 174 Å². The van der Waals surface area contributed by atoms with E-state index in [4.69, 9.17) is 0 Å². The molecule has 2 aromatic rings. The normalized spacial score (nSPS) is 23.6. The van der Waals surface area contributed by atoms with Gasteiger partial charge in [-0.15, -0.1) is 11.3 Å². The molecule has 1 fully saturated rings. The highest BCUT2D eigenvalue weighted by Gasteiger charge is 2.34. The molecule has 28 heavy (non-hydrogen) atoms. The number of amides is 1. The first-order valence-electron chi connectivity index (χ1n) is 9.76. The summed E-state index contributed by atoms with van der Waals surface area (Å²) in [5.74, 6) is 1.23. The van der Waals surface area contributed by atoms with Gasteiger partial charge in [0.25, 0.3) is 0 Å². The summed E-state index contributed by atoms with van der Waals surface area (Å²) in [6.07, 6.45) is 5.45. The van der Waals surface area contributed by atoms with Crippen molar-refractivity contribution in [2.45, 2.75) is 50.6 Å². The molecule has 1 saturated heterocycles. The molecule has 3 heterocycles. The first kappa shape index (κ1) is 20.1. The molecular formula is C19H25N3O3S3. The summed E-state index contributed by atoms with van der Waals surface area (Å²) in [4.78, 5) is 25.9. The molecule has 1 aliphatic heterocycles. The van der Waals surface area contributed by atoms with Crippen molar-refractivity contribution in [1.82, 2.24) is 14.9 Å². The fourth-order valence-electron chi connectivity index (χ4n) is 4.23. The van der Waals surface area contributed by atoms with Gasteiger partial charge in [0.15, 0.2) is 9.84 Å². The molecule has 0 aromatic carbocycles. The van der Waals surface area contributed by atoms with Crippen LogP contribution in [0.4, 0.5) is 0 Å². The molecule has 2 atom stereocenters. The summed E-state index contributed by atoms with van der Waals surface area (Å²) >= 11 is 3.21. The molecule has 0 spiro atoms. The third-order valence-electron chi connectivity index (χ3n) is 5.70. The third-order valence-corrected chi connectivity index (χ3v) is 9.59. The standard InChI is InChI=1S/C19H25N3O3S3/c1-3-22(13-6-7-28(24,25)10-13)16(23)9-26-18-17-14-5-4-12(2)8-15(14)27-19(17)21-11-20-18/h11-13H,3-10H2,1-2H3/t12-,13+/m0/s1. The molecule has 0 unspecified atom stereocenters. The number of thiophene rings is 1. The van der Waals surface area contributed by atoms with Gasteiger partial charge < -0.3 is 4.90 Å². The Bertz CT molecular complexity index is 1000. The monoisotopic (exact) mass is 439 g/mol. The summed E-state index contributed by atoms with van der Waals surface area (Å²) in [7, 11) is -3.01. The molecule has 0 saturated carbocycles. The Balaban J connectivity index is 1.52. The second-order valence-electron chi connectivity index (χ2n) is 7.74. The van der Waals surface area contributed by atoms with E-state index in [1.165, 1.54) is 28.6 Å². The number of hydrogen-bond donors (Lipinski definition) is 0. The van der Waals surface area contributed by atoms with E-state index in [2.05, 4.69) is 16.9 Å². The summed E-state index contributed by atoms with van der Waals surface area (Å²) in [5, 5.41) is 2.00. The van der Waals surface area contributed by atoms with Gasteiger partial charge in [-0.2, -0.15) is 0 Å². The van der Waals surface area contributed by atoms with Crippen molar-refractivity contribution in [3.05, 3.63) is 16.8 Å². The van der Waals surface area contributed by atoms with Crippen LogP contribution in [0, 0.1) is 5.92 Å². The second kappa shape index (κ2) is 7.91. The topological polar surface area (TPSA) is 80.2 Å². The van der Waals surface area contributed by atoms with Crippen LogP contribution in [-0.2, 0) is 27.5 Å². The lowest BCUT2D eigenvalue weighted by atomic mass is 9.89. The Morgan fingerprint density at radius 2 is 2.18 bits per heavy atom. The zero-order valence-electron chi connectivity index (χ0n) is 16.2. The maximum atomic E-state index is 12.8. The van der Waals surface area contributed by atoms with Gasteiger partial charge in [0.2, 0.25) is 5.91 Å². The van der Waals surface area contributed by atoms with Crippen molar-refractivity contribution in [2.75, 3.05) is 23.8 Å². The average Bonchev–Trinajstić information content (AvgIpc) is 3.19. The molecule has 1 aliphatic carbocycles. The highest BCUT2D eigenvalue weighted by Crippen LogP contribution is 2.40. The van der Waals surface area contributed by atoms with E-state index in [-0.39, 0.29) is 29.2 Å². The number of aryl methyl sites for hydroxylation is 1. The van der Waals surface area contributed by atoms with Crippen LogP contribution in [0.15, 0.2) is 11.4 Å². The molecule has 1 amide bonds. The summed E-state index contributed by atoms with van der Waals surface area (Å²) in [6.45, 7) is 4.73. The fourth-order valence-corrected chi connectivity index (χ4v) is 8.29. The van der Waals surface area contributed by atoms with Crippen LogP contribution < -0.4 is 0 Å². The highest BCUT2D eigenvalue weighted by molar-refractivity contribution is 8.00. The molecular weight excluding hydrogens is 414 g/mol. The molecule has 9 heteroatoms. The summed E-state index contributed by atoms with van der Waals surface area (Å²) in [6, 6.07) is -0.191. The number of aromatic nitrogens is 2. The number of fused-ring (bicyclic) bond motifs is 3. The maximum Gasteiger partial charge on any atom is 0.233 e. The lowest BCUT2D eigenvalue weighted by Gasteiger charge is -2.26. The largest absolute Gasteiger partial charge is 0.338 e. The number of carbonyl (C=O) groups is 1. The summed E-state index contributed by atoms with van der Waals surface area (Å²) in [5.41, 5.74) is 1.36. The zero-order valence-corrected chi connectivity index (χ0v) is 18.6. The third kappa shape index (κ3) is 3.93. The Morgan fingerprint density at radius 3 is 2.89 bits per heavy atom. The second-order valence-corrected chi connectivity index (χ2v) is 12.0. The van der Waals surface area contributed by atoms with Gasteiger partial charge in [-0.3, -0.25) is 4.79 Å². The number of carbonyl (C=O) groups excluding carboxylic acids is 1. The minimum Gasteiger partial charge on any atom is -0.338 e. The number of hydrogen-bond acceptors (Lipinski definition) is 7. The van der Waals surface area contributed by atoms with Gasteiger partial charge in [0, 0.05) is 22.8 Å². The summed E-state index contributed by atoms with van der Waals surface area (Å²) < 4.78 is 23.6. The lowest BCUT2D eigenvalue weighted by Crippen LogP contribution is -2.41. The van der Waals surface area contributed by atoms with Crippen LogP contribution in [0.25, 0.3) is 10.2 Å². The van der Waals surface area contributed by atoms with E-state index in [9.17, 15) is 13.2 Å². The smallest absolute Gasteiger partial charge is 0.233 e. The molecule has 6 nitrogen and oxygen atoms in total.